The number of rotatable bonds is 13. The van der Waals surface area contributed by atoms with Crippen LogP contribution in [0.25, 0.3) is 16.3 Å². The molecule has 0 aliphatic rings. The number of amides is 3. The molecular weight excluding hydrogens is 709 g/mol. The third-order valence-electron chi connectivity index (χ3n) is 8.02. The summed E-state index contributed by atoms with van der Waals surface area (Å²) in [6, 6.07) is 34.5. The van der Waals surface area contributed by atoms with Gasteiger partial charge in [-0.15, -0.1) is 11.8 Å². The van der Waals surface area contributed by atoms with Gasteiger partial charge in [-0.25, -0.2) is 4.98 Å². The van der Waals surface area contributed by atoms with Gasteiger partial charge in [-0.3, -0.25) is 14.4 Å². The summed E-state index contributed by atoms with van der Waals surface area (Å²) in [5, 5.41) is 8.56. The Morgan fingerprint density at radius 1 is 0.755 bits per heavy atom. The highest BCUT2D eigenvalue weighted by Gasteiger charge is 2.24. The monoisotopic (exact) mass is 744 g/mol. The van der Waals surface area contributed by atoms with Crippen LogP contribution in [0.2, 0.25) is 0 Å². The summed E-state index contributed by atoms with van der Waals surface area (Å²) in [4.78, 5) is 46.4. The maximum absolute atomic E-state index is 14.0. The zero-order chi connectivity index (χ0) is 37.3. The highest BCUT2D eigenvalue weighted by molar-refractivity contribution is 8.00. The number of nitrogens with one attached hydrogen (secondary N) is 3. The summed E-state index contributed by atoms with van der Waals surface area (Å²) in [6.07, 6.45) is 1.51. The molecule has 1 aromatic heterocycles. The second kappa shape index (κ2) is 16.9. The summed E-state index contributed by atoms with van der Waals surface area (Å²) in [5.41, 5.74) is 3.98. The van der Waals surface area contributed by atoms with Gasteiger partial charge in [0.2, 0.25) is 5.91 Å². The molecular formula is C41H36N4O6S2. The van der Waals surface area contributed by atoms with Crippen LogP contribution in [0.3, 0.4) is 0 Å². The molecule has 0 spiro atoms. The quantitative estimate of drug-likeness (QED) is 0.0794. The molecule has 0 aliphatic heterocycles. The SMILES string of the molecule is COc1cc(OC)c(OC)cc1/C=C(/NC(=O)c1ccccc1)C(=O)Nc1cccc(SC(C(=O)Nc2nc3ccc(C)cc3s2)c2ccccc2)c1. The van der Waals surface area contributed by atoms with E-state index in [1.807, 2.05) is 61.5 Å². The Hall–Kier alpha value is -6.11. The van der Waals surface area contributed by atoms with Crippen molar-refractivity contribution in [2.45, 2.75) is 17.1 Å². The lowest BCUT2D eigenvalue weighted by molar-refractivity contribution is -0.116. The van der Waals surface area contributed by atoms with E-state index < -0.39 is 17.1 Å². The number of methoxy groups -OCH3 is 3. The third-order valence-corrected chi connectivity index (χ3v) is 10.2. The highest BCUT2D eigenvalue weighted by atomic mass is 32.2. The molecule has 1 atom stereocenters. The second-order valence-corrected chi connectivity index (χ2v) is 13.9. The van der Waals surface area contributed by atoms with Gasteiger partial charge in [-0.05, 0) is 72.7 Å². The van der Waals surface area contributed by atoms with Gasteiger partial charge in [0.05, 0.1) is 31.5 Å². The fraction of sp³-hybridized carbons (Fsp3) is 0.122. The van der Waals surface area contributed by atoms with Crippen molar-refractivity contribution in [1.82, 2.24) is 10.3 Å². The minimum Gasteiger partial charge on any atom is -0.496 e. The van der Waals surface area contributed by atoms with E-state index in [2.05, 4.69) is 20.9 Å². The van der Waals surface area contributed by atoms with Crippen molar-refractivity contribution < 1.29 is 28.6 Å². The molecule has 0 saturated heterocycles. The van der Waals surface area contributed by atoms with Crippen LogP contribution >= 0.6 is 23.1 Å². The smallest absolute Gasteiger partial charge is 0.272 e. The van der Waals surface area contributed by atoms with E-state index in [1.54, 1.807) is 60.7 Å². The van der Waals surface area contributed by atoms with Gasteiger partial charge in [-0.1, -0.05) is 72.0 Å². The third kappa shape index (κ3) is 9.04. The van der Waals surface area contributed by atoms with Crippen LogP contribution in [0, 0.1) is 6.92 Å². The number of benzene rings is 5. The molecule has 1 unspecified atom stereocenters. The second-order valence-electron chi connectivity index (χ2n) is 11.7. The lowest BCUT2D eigenvalue weighted by Crippen LogP contribution is -2.30. The van der Waals surface area contributed by atoms with Gasteiger partial charge in [0.1, 0.15) is 16.7 Å². The number of thioether (sulfide) groups is 1. The average Bonchev–Trinajstić information content (AvgIpc) is 3.58. The predicted octanol–water partition coefficient (Wildman–Crippen LogP) is 8.51. The molecule has 5 aromatic carbocycles. The lowest BCUT2D eigenvalue weighted by Gasteiger charge is -2.17. The Morgan fingerprint density at radius 2 is 1.45 bits per heavy atom. The summed E-state index contributed by atoms with van der Waals surface area (Å²) in [7, 11) is 4.50. The van der Waals surface area contributed by atoms with Crippen LogP contribution in [-0.4, -0.2) is 44.0 Å². The van der Waals surface area contributed by atoms with Crippen molar-refractivity contribution in [3.05, 3.63) is 143 Å². The van der Waals surface area contributed by atoms with Crippen molar-refractivity contribution >= 4 is 67.9 Å². The fourth-order valence-electron chi connectivity index (χ4n) is 5.40. The zero-order valence-electron chi connectivity index (χ0n) is 29.3. The molecule has 12 heteroatoms. The van der Waals surface area contributed by atoms with Crippen LogP contribution < -0.4 is 30.2 Å². The predicted molar refractivity (Wildman–Crippen MR) is 211 cm³/mol. The first-order valence-corrected chi connectivity index (χ1v) is 18.1. The van der Waals surface area contributed by atoms with Crippen LogP contribution in [0.5, 0.6) is 17.2 Å². The molecule has 6 aromatic rings. The zero-order valence-corrected chi connectivity index (χ0v) is 31.0. The minimum absolute atomic E-state index is 0.0463. The van der Waals surface area contributed by atoms with Gasteiger partial charge in [0, 0.05) is 27.8 Å². The van der Waals surface area contributed by atoms with Gasteiger partial charge in [-0.2, -0.15) is 0 Å². The number of thiazole rings is 1. The topological polar surface area (TPSA) is 128 Å². The summed E-state index contributed by atoms with van der Waals surface area (Å²) < 4.78 is 17.5. The molecule has 3 amide bonds. The Morgan fingerprint density at radius 3 is 2.17 bits per heavy atom. The number of hydrogen-bond donors (Lipinski definition) is 3. The Kier molecular flexibility index (Phi) is 11.7. The normalized spacial score (nSPS) is 11.7. The molecule has 0 saturated carbocycles. The summed E-state index contributed by atoms with van der Waals surface area (Å²) in [6.45, 7) is 2.02. The van der Waals surface area contributed by atoms with E-state index in [0.29, 0.717) is 39.2 Å². The first-order chi connectivity index (χ1) is 25.7. The molecule has 0 radical (unpaired) electrons. The molecule has 3 N–H and O–H groups in total. The first-order valence-electron chi connectivity index (χ1n) is 16.4. The average molecular weight is 745 g/mol. The number of ether oxygens (including phenoxy) is 3. The molecule has 268 valence electrons. The number of anilines is 2. The largest absolute Gasteiger partial charge is 0.496 e. The number of nitrogens with zero attached hydrogens (tertiary/aromatic N) is 1. The molecule has 10 nitrogen and oxygen atoms in total. The Balaban J connectivity index is 1.27. The van der Waals surface area contributed by atoms with Gasteiger partial charge < -0.3 is 30.2 Å². The van der Waals surface area contributed by atoms with Gasteiger partial charge in [0.25, 0.3) is 11.8 Å². The van der Waals surface area contributed by atoms with Crippen LogP contribution in [-0.2, 0) is 9.59 Å². The lowest BCUT2D eigenvalue weighted by atomic mass is 10.1. The van der Waals surface area contributed by atoms with Crippen LogP contribution in [0.15, 0.2) is 126 Å². The molecule has 0 bridgehead atoms. The molecule has 0 fully saturated rings. The molecule has 1 heterocycles. The number of fused-ring (bicyclic) bond motifs is 1. The highest BCUT2D eigenvalue weighted by Crippen LogP contribution is 2.39. The Bertz CT molecular complexity index is 2290. The number of aromatic nitrogens is 1. The maximum Gasteiger partial charge on any atom is 0.272 e. The van der Waals surface area contributed by atoms with E-state index in [-0.39, 0.29) is 11.6 Å². The van der Waals surface area contributed by atoms with E-state index in [1.165, 1.54) is 50.5 Å². The molecule has 0 aliphatic carbocycles. The van der Waals surface area contributed by atoms with Crippen molar-refractivity contribution in [3.63, 3.8) is 0 Å². The van der Waals surface area contributed by atoms with Crippen molar-refractivity contribution in [2.24, 2.45) is 0 Å². The summed E-state index contributed by atoms with van der Waals surface area (Å²) >= 11 is 2.76. The van der Waals surface area contributed by atoms with Gasteiger partial charge >= 0.3 is 0 Å². The number of carbonyl (C=O) groups is 3. The van der Waals surface area contributed by atoms with E-state index >= 15 is 0 Å². The van der Waals surface area contributed by atoms with E-state index in [9.17, 15) is 14.4 Å². The van der Waals surface area contributed by atoms with E-state index in [0.717, 1.165) is 26.2 Å². The fourth-order valence-corrected chi connectivity index (χ4v) is 7.45. The van der Waals surface area contributed by atoms with Crippen LogP contribution in [0.1, 0.15) is 32.3 Å². The summed E-state index contributed by atoms with van der Waals surface area (Å²) in [5.74, 6) is -0.0514. The number of aryl methyl sites for hydroxylation is 1. The van der Waals surface area contributed by atoms with E-state index in [4.69, 9.17) is 14.2 Å². The van der Waals surface area contributed by atoms with Crippen molar-refractivity contribution in [1.29, 1.82) is 0 Å². The van der Waals surface area contributed by atoms with Crippen molar-refractivity contribution in [3.8, 4) is 17.2 Å². The van der Waals surface area contributed by atoms with Crippen LogP contribution in [0.4, 0.5) is 10.8 Å². The first kappa shape index (κ1) is 36.7. The molecule has 53 heavy (non-hydrogen) atoms. The maximum atomic E-state index is 14.0. The van der Waals surface area contributed by atoms with Crippen molar-refractivity contribution in [2.75, 3.05) is 32.0 Å². The number of hydrogen-bond acceptors (Lipinski definition) is 9. The molecule has 6 rings (SSSR count). The van der Waals surface area contributed by atoms with Gasteiger partial charge in [0.15, 0.2) is 16.6 Å². The number of carbonyl (C=O) groups excluding carboxylic acids is 3. The minimum atomic E-state index is -0.631. The Labute approximate surface area is 315 Å². The standard InChI is InChI=1S/C41H36N4O6S2/c1-25-18-19-31-36(20-25)53-41(44-31)45-40(48)37(26-12-7-5-8-13-26)52-30-17-11-16-29(23-30)42-39(47)32(43-38(46)27-14-9-6-10-15-27)21-28-22-34(50-3)35(51-4)24-33(28)49-2/h5-24,37H,1-4H3,(H,42,47)(H,43,46)(H,44,45,48)/b32-21+.